The highest BCUT2D eigenvalue weighted by Crippen LogP contribution is 2.57. The summed E-state index contributed by atoms with van der Waals surface area (Å²) in [5.74, 6) is 1.55. The zero-order valence-electron chi connectivity index (χ0n) is 14.6. The smallest absolute Gasteiger partial charge is 0.182 e. The number of methoxy groups -OCH3 is 1. The van der Waals surface area contributed by atoms with Gasteiger partial charge >= 0.3 is 0 Å². The van der Waals surface area contributed by atoms with E-state index in [-0.39, 0.29) is 11.7 Å². The van der Waals surface area contributed by atoms with Crippen LogP contribution in [0.15, 0.2) is 36.0 Å². The number of carbonyl (C=O) groups excluding carboxylic acids is 1. The first kappa shape index (κ1) is 17.0. The Morgan fingerprint density at radius 2 is 1.93 bits per heavy atom. The molecule has 4 nitrogen and oxygen atoms in total. The molecule has 6 heteroatoms. The molecule has 2 aromatic rings. The molecule has 27 heavy (non-hydrogen) atoms. The van der Waals surface area contributed by atoms with E-state index in [2.05, 4.69) is 5.32 Å². The second kappa shape index (κ2) is 6.18. The third-order valence-corrected chi connectivity index (χ3v) is 5.84. The number of halogens is 2. The number of carbonyl (C=O) groups is 1. The summed E-state index contributed by atoms with van der Waals surface area (Å²) < 4.78 is 11.4. The Kier molecular flexibility index (Phi) is 3.88. The van der Waals surface area contributed by atoms with Crippen molar-refractivity contribution in [1.29, 1.82) is 0 Å². The molecular formula is C21H17Cl2NO3. The normalized spacial score (nSPS) is 20.0. The van der Waals surface area contributed by atoms with Gasteiger partial charge in [-0.15, -0.1) is 0 Å². The number of anilines is 1. The van der Waals surface area contributed by atoms with Gasteiger partial charge in [-0.3, -0.25) is 4.79 Å². The SMILES string of the molecule is COc1ccc(OCC2CC2)c2c1C(=O)[C@H]1C(=C1c1ccc(Cl)cc1Cl)N2. The lowest BCUT2D eigenvalue weighted by Crippen LogP contribution is -2.18. The summed E-state index contributed by atoms with van der Waals surface area (Å²) in [5.41, 5.74) is 3.84. The van der Waals surface area contributed by atoms with Crippen LogP contribution in [0, 0.1) is 11.8 Å². The minimum atomic E-state index is -0.316. The van der Waals surface area contributed by atoms with Gasteiger partial charge in [0.05, 0.1) is 30.9 Å². The molecule has 3 aliphatic rings. The van der Waals surface area contributed by atoms with Crippen molar-refractivity contribution in [3.63, 3.8) is 0 Å². The Hall–Kier alpha value is -2.17. The molecule has 0 saturated heterocycles. The maximum Gasteiger partial charge on any atom is 0.182 e. The molecule has 5 rings (SSSR count). The van der Waals surface area contributed by atoms with Gasteiger partial charge in [0.25, 0.3) is 0 Å². The molecule has 2 aromatic carbocycles. The molecule has 1 aliphatic heterocycles. The van der Waals surface area contributed by atoms with Gasteiger partial charge in [-0.05, 0) is 54.2 Å². The van der Waals surface area contributed by atoms with Gasteiger partial charge in [0.2, 0.25) is 0 Å². The third-order valence-electron chi connectivity index (χ3n) is 5.29. The number of hydrogen-bond acceptors (Lipinski definition) is 4. The molecule has 1 saturated carbocycles. The van der Waals surface area contributed by atoms with E-state index in [1.54, 1.807) is 25.3 Å². The molecular weight excluding hydrogens is 385 g/mol. The number of rotatable bonds is 5. The maximum absolute atomic E-state index is 13.2. The van der Waals surface area contributed by atoms with E-state index in [4.69, 9.17) is 32.7 Å². The van der Waals surface area contributed by atoms with Crippen molar-refractivity contribution in [2.75, 3.05) is 19.0 Å². The molecule has 0 bridgehead atoms. The van der Waals surface area contributed by atoms with Crippen molar-refractivity contribution < 1.29 is 14.3 Å². The summed E-state index contributed by atoms with van der Waals surface area (Å²) in [7, 11) is 1.57. The maximum atomic E-state index is 13.2. The van der Waals surface area contributed by atoms with Crippen molar-refractivity contribution in [1.82, 2.24) is 0 Å². The average Bonchev–Trinajstić information content (AvgIpc) is 3.56. The van der Waals surface area contributed by atoms with E-state index in [0.29, 0.717) is 45.3 Å². The first-order chi connectivity index (χ1) is 13.1. The van der Waals surface area contributed by atoms with Crippen molar-refractivity contribution >= 4 is 40.2 Å². The summed E-state index contributed by atoms with van der Waals surface area (Å²) in [5, 5.41) is 4.51. The molecule has 1 atom stereocenters. The summed E-state index contributed by atoms with van der Waals surface area (Å²) in [6.45, 7) is 0.674. The zero-order valence-corrected chi connectivity index (χ0v) is 16.2. The zero-order chi connectivity index (χ0) is 18.7. The Morgan fingerprint density at radius 1 is 1.15 bits per heavy atom. The number of nitrogens with one attached hydrogen (secondary N) is 1. The van der Waals surface area contributed by atoms with Gasteiger partial charge in [0.1, 0.15) is 11.5 Å². The van der Waals surface area contributed by atoms with Crippen LogP contribution in [-0.2, 0) is 0 Å². The minimum Gasteiger partial charge on any atom is -0.496 e. The summed E-state index contributed by atoms with van der Waals surface area (Å²) in [6, 6.07) is 8.98. The Morgan fingerprint density at radius 3 is 2.63 bits per heavy atom. The minimum absolute atomic E-state index is 0.00786. The molecule has 0 radical (unpaired) electrons. The molecule has 2 aliphatic carbocycles. The lowest BCUT2D eigenvalue weighted by atomic mass is 9.96. The number of hydrogen-bond donors (Lipinski definition) is 1. The lowest BCUT2D eigenvalue weighted by Gasteiger charge is -2.21. The van der Waals surface area contributed by atoms with Gasteiger partial charge in [-0.2, -0.15) is 0 Å². The number of allylic oxidation sites excluding steroid dienone is 2. The molecule has 1 fully saturated rings. The quantitative estimate of drug-likeness (QED) is 0.724. The topological polar surface area (TPSA) is 47.6 Å². The Bertz CT molecular complexity index is 1010. The van der Waals surface area contributed by atoms with Crippen LogP contribution < -0.4 is 14.8 Å². The number of ketones is 1. The lowest BCUT2D eigenvalue weighted by molar-refractivity contribution is 0.0972. The van der Waals surface area contributed by atoms with E-state index in [1.807, 2.05) is 12.1 Å². The average molecular weight is 402 g/mol. The van der Waals surface area contributed by atoms with Crippen molar-refractivity contribution in [2.24, 2.45) is 11.8 Å². The number of benzene rings is 2. The molecule has 0 unspecified atom stereocenters. The van der Waals surface area contributed by atoms with Crippen LogP contribution in [0.2, 0.25) is 10.0 Å². The first-order valence-corrected chi connectivity index (χ1v) is 9.68. The molecule has 0 aromatic heterocycles. The molecule has 0 spiro atoms. The van der Waals surface area contributed by atoms with Crippen LogP contribution in [0.3, 0.4) is 0 Å². The predicted octanol–water partition coefficient (Wildman–Crippen LogP) is 5.44. The fourth-order valence-electron chi connectivity index (χ4n) is 3.63. The molecule has 138 valence electrons. The van der Waals surface area contributed by atoms with Gasteiger partial charge in [0, 0.05) is 15.7 Å². The molecule has 0 amide bonds. The Balaban J connectivity index is 1.54. The van der Waals surface area contributed by atoms with Crippen molar-refractivity contribution in [3.8, 4) is 11.5 Å². The van der Waals surface area contributed by atoms with Gasteiger partial charge in [-0.1, -0.05) is 29.3 Å². The first-order valence-electron chi connectivity index (χ1n) is 8.93. The standard InChI is InChI=1S/C21H17Cl2NO3/c1-26-14-6-7-15(27-9-10-2-3-10)19-17(14)21(25)18-16(20(18)24-19)12-5-4-11(22)8-13(12)23/h4-8,10,18,24H,2-3,9H2,1H3/t18-/m1/s1. The van der Waals surface area contributed by atoms with E-state index in [9.17, 15) is 4.79 Å². The highest BCUT2D eigenvalue weighted by Gasteiger charge is 2.50. The Labute approximate surface area is 167 Å². The summed E-state index contributed by atoms with van der Waals surface area (Å²) in [6.07, 6.45) is 2.41. The third kappa shape index (κ3) is 2.79. The summed E-state index contributed by atoms with van der Waals surface area (Å²) in [4.78, 5) is 13.2. The largest absolute Gasteiger partial charge is 0.496 e. The fraction of sp³-hybridized carbons (Fsp3) is 0.286. The van der Waals surface area contributed by atoms with Gasteiger partial charge in [-0.25, -0.2) is 0 Å². The van der Waals surface area contributed by atoms with E-state index in [0.717, 1.165) is 16.8 Å². The van der Waals surface area contributed by atoms with Gasteiger partial charge in [0.15, 0.2) is 5.78 Å². The predicted molar refractivity (Wildman–Crippen MR) is 106 cm³/mol. The molecule has 1 N–H and O–H groups in total. The number of fused-ring (bicyclic) bond motifs is 2. The van der Waals surface area contributed by atoms with Crippen LogP contribution in [0.1, 0.15) is 28.8 Å². The fourth-order valence-corrected chi connectivity index (χ4v) is 4.14. The van der Waals surface area contributed by atoms with Crippen molar-refractivity contribution in [2.45, 2.75) is 12.8 Å². The number of Topliss-reactive ketones (excluding diaryl/α,β-unsaturated/α-hetero) is 1. The van der Waals surface area contributed by atoms with Crippen molar-refractivity contribution in [3.05, 3.63) is 57.2 Å². The van der Waals surface area contributed by atoms with Crippen LogP contribution in [0.4, 0.5) is 5.69 Å². The second-order valence-corrected chi connectivity index (χ2v) is 7.99. The summed E-state index contributed by atoms with van der Waals surface area (Å²) >= 11 is 12.4. The van der Waals surface area contributed by atoms with Crippen LogP contribution in [0.25, 0.3) is 5.57 Å². The van der Waals surface area contributed by atoms with Crippen LogP contribution >= 0.6 is 23.2 Å². The van der Waals surface area contributed by atoms with E-state index >= 15 is 0 Å². The number of ether oxygens (including phenoxy) is 2. The highest BCUT2D eigenvalue weighted by molar-refractivity contribution is 6.36. The molecule has 1 heterocycles. The van der Waals surface area contributed by atoms with Crippen LogP contribution in [-0.4, -0.2) is 19.5 Å². The second-order valence-electron chi connectivity index (χ2n) is 7.14. The van der Waals surface area contributed by atoms with E-state index in [1.165, 1.54) is 12.8 Å². The van der Waals surface area contributed by atoms with Gasteiger partial charge < -0.3 is 14.8 Å². The monoisotopic (exact) mass is 401 g/mol. The highest BCUT2D eigenvalue weighted by atomic mass is 35.5. The van der Waals surface area contributed by atoms with Crippen LogP contribution in [0.5, 0.6) is 11.5 Å². The van der Waals surface area contributed by atoms with E-state index < -0.39 is 0 Å².